The van der Waals surface area contributed by atoms with Gasteiger partial charge in [0.15, 0.2) is 11.5 Å². The standard InChI is InChI=1S/C23H28N2O3/c1-2-24(17-19-11-8-12-20-22(19)28-16-15-27-20)23(26)21(25-13-6-7-14-25)18-9-4-3-5-10-18/h3-5,8-12,21H,2,6-7,13-17H2,1H3. The number of benzene rings is 2. The third-order valence-corrected chi connectivity index (χ3v) is 5.56. The maximum absolute atomic E-state index is 13.6. The minimum absolute atomic E-state index is 0.157. The fourth-order valence-electron chi connectivity index (χ4n) is 4.13. The van der Waals surface area contributed by atoms with Crippen LogP contribution in [0, 0.1) is 0 Å². The number of rotatable bonds is 6. The van der Waals surface area contributed by atoms with Crippen LogP contribution in [0.1, 0.15) is 36.9 Å². The Bertz CT molecular complexity index is 803. The van der Waals surface area contributed by atoms with E-state index in [1.54, 1.807) is 0 Å². The highest BCUT2D eigenvalue weighted by Gasteiger charge is 2.33. The molecule has 1 saturated heterocycles. The third-order valence-electron chi connectivity index (χ3n) is 5.56. The maximum Gasteiger partial charge on any atom is 0.244 e. The summed E-state index contributed by atoms with van der Waals surface area (Å²) in [6.45, 7) is 6.28. The first-order valence-corrected chi connectivity index (χ1v) is 10.2. The van der Waals surface area contributed by atoms with Crippen LogP contribution in [0.2, 0.25) is 0 Å². The van der Waals surface area contributed by atoms with E-state index in [1.165, 1.54) is 0 Å². The highest BCUT2D eigenvalue weighted by Crippen LogP contribution is 2.35. The number of hydrogen-bond acceptors (Lipinski definition) is 4. The minimum atomic E-state index is -0.222. The van der Waals surface area contributed by atoms with E-state index in [4.69, 9.17) is 9.47 Å². The van der Waals surface area contributed by atoms with Crippen molar-refractivity contribution in [3.8, 4) is 11.5 Å². The molecule has 5 nitrogen and oxygen atoms in total. The Balaban J connectivity index is 1.60. The lowest BCUT2D eigenvalue weighted by Gasteiger charge is -2.33. The number of carbonyl (C=O) groups is 1. The maximum atomic E-state index is 13.6. The summed E-state index contributed by atoms with van der Waals surface area (Å²) < 4.78 is 11.6. The number of ether oxygens (including phenoxy) is 2. The number of carbonyl (C=O) groups excluding carboxylic acids is 1. The molecule has 148 valence electrons. The molecule has 1 fully saturated rings. The summed E-state index contributed by atoms with van der Waals surface area (Å²) in [7, 11) is 0. The van der Waals surface area contributed by atoms with Gasteiger partial charge in [0.1, 0.15) is 19.3 Å². The van der Waals surface area contributed by atoms with Crippen LogP contribution in [0.3, 0.4) is 0 Å². The molecule has 0 radical (unpaired) electrons. The predicted molar refractivity (Wildman–Crippen MR) is 109 cm³/mol. The smallest absolute Gasteiger partial charge is 0.244 e. The second-order valence-corrected chi connectivity index (χ2v) is 7.35. The Morgan fingerprint density at radius 1 is 1.04 bits per heavy atom. The second-order valence-electron chi connectivity index (χ2n) is 7.35. The predicted octanol–water partition coefficient (Wildman–Crippen LogP) is 3.64. The first-order valence-electron chi connectivity index (χ1n) is 10.2. The van der Waals surface area contributed by atoms with Gasteiger partial charge >= 0.3 is 0 Å². The Morgan fingerprint density at radius 2 is 1.79 bits per heavy atom. The first-order chi connectivity index (χ1) is 13.8. The van der Waals surface area contributed by atoms with Gasteiger partial charge in [-0.05, 0) is 44.5 Å². The Labute approximate surface area is 166 Å². The van der Waals surface area contributed by atoms with E-state index in [2.05, 4.69) is 17.0 Å². The van der Waals surface area contributed by atoms with Crippen LogP contribution in [-0.2, 0) is 11.3 Å². The van der Waals surface area contributed by atoms with E-state index in [9.17, 15) is 4.79 Å². The summed E-state index contributed by atoms with van der Waals surface area (Å²) in [6.07, 6.45) is 2.31. The molecule has 1 atom stereocenters. The van der Waals surface area contributed by atoms with Gasteiger partial charge in [-0.15, -0.1) is 0 Å². The normalized spacial score (nSPS) is 17.3. The van der Waals surface area contributed by atoms with Crippen molar-refractivity contribution in [2.24, 2.45) is 0 Å². The van der Waals surface area contributed by atoms with Gasteiger partial charge in [-0.25, -0.2) is 0 Å². The molecule has 28 heavy (non-hydrogen) atoms. The van der Waals surface area contributed by atoms with Crippen LogP contribution in [0.15, 0.2) is 48.5 Å². The monoisotopic (exact) mass is 380 g/mol. The molecule has 4 rings (SSSR count). The highest BCUT2D eigenvalue weighted by molar-refractivity contribution is 5.83. The molecule has 0 N–H and O–H groups in total. The van der Waals surface area contributed by atoms with E-state index in [0.717, 1.165) is 48.6 Å². The van der Waals surface area contributed by atoms with E-state index < -0.39 is 0 Å². The zero-order chi connectivity index (χ0) is 19.3. The van der Waals surface area contributed by atoms with Crippen molar-refractivity contribution < 1.29 is 14.3 Å². The largest absolute Gasteiger partial charge is 0.486 e. The molecular formula is C23H28N2O3. The van der Waals surface area contributed by atoms with Crippen LogP contribution in [-0.4, -0.2) is 48.6 Å². The van der Waals surface area contributed by atoms with Crippen LogP contribution < -0.4 is 9.47 Å². The number of nitrogens with zero attached hydrogens (tertiary/aromatic N) is 2. The SMILES string of the molecule is CCN(Cc1cccc2c1OCCO2)C(=O)C(c1ccccc1)N1CCCC1. The summed E-state index contributed by atoms with van der Waals surface area (Å²) in [5.74, 6) is 1.70. The molecule has 1 amide bonds. The minimum Gasteiger partial charge on any atom is -0.486 e. The zero-order valence-electron chi connectivity index (χ0n) is 16.5. The van der Waals surface area contributed by atoms with Crippen molar-refractivity contribution in [2.75, 3.05) is 32.8 Å². The fourth-order valence-corrected chi connectivity index (χ4v) is 4.13. The van der Waals surface area contributed by atoms with Gasteiger partial charge in [0.25, 0.3) is 0 Å². The van der Waals surface area contributed by atoms with Gasteiger partial charge in [0.2, 0.25) is 5.91 Å². The van der Waals surface area contributed by atoms with Crippen molar-refractivity contribution in [1.29, 1.82) is 0 Å². The van der Waals surface area contributed by atoms with Gasteiger partial charge in [0, 0.05) is 18.7 Å². The summed E-state index contributed by atoms with van der Waals surface area (Å²) in [6, 6.07) is 15.9. The van der Waals surface area contributed by atoms with Gasteiger partial charge < -0.3 is 14.4 Å². The number of likely N-dealkylation sites (N-methyl/N-ethyl adjacent to an activating group) is 1. The van der Waals surface area contributed by atoms with Gasteiger partial charge in [0.05, 0.1) is 0 Å². The van der Waals surface area contributed by atoms with Crippen LogP contribution in [0.5, 0.6) is 11.5 Å². The van der Waals surface area contributed by atoms with E-state index in [1.807, 2.05) is 48.2 Å². The molecule has 0 spiro atoms. The van der Waals surface area contributed by atoms with Crippen LogP contribution in [0.4, 0.5) is 0 Å². The molecular weight excluding hydrogens is 352 g/mol. The van der Waals surface area contributed by atoms with Gasteiger partial charge in [-0.2, -0.15) is 0 Å². The number of para-hydroxylation sites is 1. The summed E-state index contributed by atoms with van der Waals surface area (Å²) in [5, 5.41) is 0. The quantitative estimate of drug-likeness (QED) is 0.767. The van der Waals surface area contributed by atoms with Gasteiger partial charge in [-0.3, -0.25) is 9.69 Å². The second kappa shape index (κ2) is 8.65. The van der Waals surface area contributed by atoms with Crippen molar-refractivity contribution in [3.05, 3.63) is 59.7 Å². The fraction of sp³-hybridized carbons (Fsp3) is 0.435. The zero-order valence-corrected chi connectivity index (χ0v) is 16.5. The lowest BCUT2D eigenvalue weighted by Crippen LogP contribution is -2.42. The molecule has 0 bridgehead atoms. The average Bonchev–Trinajstić information content (AvgIpc) is 3.27. The molecule has 0 aromatic heterocycles. The van der Waals surface area contributed by atoms with Crippen LogP contribution in [0.25, 0.3) is 0 Å². The topological polar surface area (TPSA) is 42.0 Å². The third kappa shape index (κ3) is 3.85. The Hall–Kier alpha value is -2.53. The van der Waals surface area contributed by atoms with Crippen molar-refractivity contribution in [2.45, 2.75) is 32.4 Å². The molecule has 2 heterocycles. The number of hydrogen-bond donors (Lipinski definition) is 0. The molecule has 2 aromatic carbocycles. The number of amides is 1. The molecule has 2 aromatic rings. The Kier molecular flexibility index (Phi) is 5.81. The lowest BCUT2D eigenvalue weighted by molar-refractivity contribution is -0.137. The van der Waals surface area contributed by atoms with Crippen molar-refractivity contribution in [1.82, 2.24) is 9.80 Å². The van der Waals surface area contributed by atoms with Crippen molar-refractivity contribution in [3.63, 3.8) is 0 Å². The number of fused-ring (bicyclic) bond motifs is 1. The Morgan fingerprint density at radius 3 is 2.54 bits per heavy atom. The lowest BCUT2D eigenvalue weighted by atomic mass is 10.0. The van der Waals surface area contributed by atoms with E-state index in [0.29, 0.717) is 26.3 Å². The van der Waals surface area contributed by atoms with E-state index >= 15 is 0 Å². The summed E-state index contributed by atoms with van der Waals surface area (Å²) in [5.41, 5.74) is 2.07. The molecule has 0 aliphatic carbocycles. The van der Waals surface area contributed by atoms with Gasteiger partial charge in [-0.1, -0.05) is 42.5 Å². The molecule has 1 unspecified atom stereocenters. The highest BCUT2D eigenvalue weighted by atomic mass is 16.6. The molecule has 5 heteroatoms. The number of likely N-dealkylation sites (tertiary alicyclic amines) is 1. The summed E-state index contributed by atoms with van der Waals surface area (Å²) >= 11 is 0. The molecule has 2 aliphatic rings. The van der Waals surface area contributed by atoms with E-state index in [-0.39, 0.29) is 11.9 Å². The molecule has 0 saturated carbocycles. The molecule has 2 aliphatic heterocycles. The summed E-state index contributed by atoms with van der Waals surface area (Å²) in [4.78, 5) is 17.9. The van der Waals surface area contributed by atoms with Crippen LogP contribution >= 0.6 is 0 Å². The van der Waals surface area contributed by atoms with Crippen molar-refractivity contribution >= 4 is 5.91 Å². The first kappa shape index (κ1) is 18.8. The average molecular weight is 380 g/mol.